The molecule has 134 valence electrons. The van der Waals surface area contributed by atoms with Gasteiger partial charge in [0.15, 0.2) is 0 Å². The molecule has 1 aromatic carbocycles. The van der Waals surface area contributed by atoms with Gasteiger partial charge in [-0.25, -0.2) is 9.59 Å². The Balaban J connectivity index is 0.000000413. The Labute approximate surface area is 141 Å². The molecule has 0 aliphatic carbocycles. The molecule has 2 rings (SSSR count). The summed E-state index contributed by atoms with van der Waals surface area (Å²) in [4.78, 5) is 20.6. The molecule has 0 unspecified atom stereocenters. The van der Waals surface area contributed by atoms with Crippen LogP contribution in [0.5, 0.6) is 0 Å². The molecule has 0 atom stereocenters. The predicted octanol–water partition coefficient (Wildman–Crippen LogP) is 0.697. The molecule has 0 spiro atoms. The SMILES string of the molecule is CNCC1(O)CCN(Cc2ccc(C)cc2)CC1.O=C(O)C(=O)O. The van der Waals surface area contributed by atoms with Crippen molar-refractivity contribution in [1.29, 1.82) is 0 Å². The number of carbonyl (C=O) groups is 2. The van der Waals surface area contributed by atoms with Crippen LogP contribution in [0, 0.1) is 6.92 Å². The van der Waals surface area contributed by atoms with Crippen LogP contribution in [0.25, 0.3) is 0 Å². The monoisotopic (exact) mass is 338 g/mol. The molecule has 7 heteroatoms. The first kappa shape index (κ1) is 20.1. The Morgan fingerprint density at radius 1 is 1.12 bits per heavy atom. The van der Waals surface area contributed by atoms with E-state index in [9.17, 15) is 5.11 Å². The molecular weight excluding hydrogens is 312 g/mol. The first-order chi connectivity index (χ1) is 11.3. The number of piperidine rings is 1. The van der Waals surface area contributed by atoms with Gasteiger partial charge in [0.25, 0.3) is 0 Å². The average molecular weight is 338 g/mol. The lowest BCUT2D eigenvalue weighted by atomic mass is 9.91. The molecule has 7 nitrogen and oxygen atoms in total. The predicted molar refractivity (Wildman–Crippen MR) is 89.8 cm³/mol. The van der Waals surface area contributed by atoms with Crippen LogP contribution in [0.1, 0.15) is 24.0 Å². The highest BCUT2D eigenvalue weighted by molar-refractivity contribution is 6.27. The summed E-state index contributed by atoms with van der Waals surface area (Å²) in [5, 5.41) is 28.2. The number of carboxylic acid groups (broad SMARTS) is 2. The molecule has 24 heavy (non-hydrogen) atoms. The van der Waals surface area contributed by atoms with Crippen LogP contribution < -0.4 is 5.32 Å². The topological polar surface area (TPSA) is 110 Å². The Bertz CT molecular complexity index is 524. The first-order valence-corrected chi connectivity index (χ1v) is 7.87. The van der Waals surface area contributed by atoms with E-state index in [-0.39, 0.29) is 0 Å². The van der Waals surface area contributed by atoms with Crippen molar-refractivity contribution in [2.24, 2.45) is 0 Å². The fourth-order valence-corrected chi connectivity index (χ4v) is 2.58. The van der Waals surface area contributed by atoms with Gasteiger partial charge in [-0.15, -0.1) is 0 Å². The van der Waals surface area contributed by atoms with Crippen molar-refractivity contribution in [3.05, 3.63) is 35.4 Å². The highest BCUT2D eigenvalue weighted by atomic mass is 16.4. The van der Waals surface area contributed by atoms with Crippen LogP contribution in [0.2, 0.25) is 0 Å². The average Bonchev–Trinajstić information content (AvgIpc) is 2.53. The third-order valence-corrected chi connectivity index (χ3v) is 4.00. The fraction of sp³-hybridized carbons (Fsp3) is 0.529. The Morgan fingerprint density at radius 3 is 2.04 bits per heavy atom. The third kappa shape index (κ3) is 7.08. The van der Waals surface area contributed by atoms with Gasteiger partial charge in [-0.1, -0.05) is 29.8 Å². The Hall–Kier alpha value is -1.96. The largest absolute Gasteiger partial charge is 0.473 e. The highest BCUT2D eigenvalue weighted by Crippen LogP contribution is 2.22. The second kappa shape index (κ2) is 9.36. The molecule has 1 heterocycles. The minimum Gasteiger partial charge on any atom is -0.473 e. The number of hydrogen-bond donors (Lipinski definition) is 4. The summed E-state index contributed by atoms with van der Waals surface area (Å²) < 4.78 is 0. The first-order valence-electron chi connectivity index (χ1n) is 7.87. The molecule has 0 saturated carbocycles. The highest BCUT2D eigenvalue weighted by Gasteiger charge is 2.31. The minimum absolute atomic E-state index is 0.501. The van der Waals surface area contributed by atoms with E-state index in [2.05, 4.69) is 41.4 Å². The summed E-state index contributed by atoms with van der Waals surface area (Å²) in [5.41, 5.74) is 2.17. The third-order valence-electron chi connectivity index (χ3n) is 4.00. The smallest absolute Gasteiger partial charge is 0.414 e. The van der Waals surface area contributed by atoms with E-state index in [0.29, 0.717) is 6.54 Å². The molecule has 0 radical (unpaired) electrons. The van der Waals surface area contributed by atoms with Gasteiger partial charge in [-0.3, -0.25) is 4.90 Å². The van der Waals surface area contributed by atoms with E-state index >= 15 is 0 Å². The van der Waals surface area contributed by atoms with Crippen LogP contribution in [-0.4, -0.2) is 64.4 Å². The summed E-state index contributed by atoms with van der Waals surface area (Å²) in [5.74, 6) is -3.65. The van der Waals surface area contributed by atoms with Gasteiger partial charge in [0.1, 0.15) is 0 Å². The maximum absolute atomic E-state index is 10.3. The number of rotatable bonds is 4. The minimum atomic E-state index is -1.82. The standard InChI is InChI=1S/C15H24N2O.C2H2O4/c1-13-3-5-14(6-4-13)11-17-9-7-15(18,8-10-17)12-16-2;3-1(4)2(5)6/h3-6,16,18H,7-12H2,1-2H3;(H,3,4)(H,5,6). The van der Waals surface area contributed by atoms with Crippen molar-refractivity contribution >= 4 is 11.9 Å². The number of carboxylic acids is 2. The summed E-state index contributed by atoms with van der Waals surface area (Å²) in [7, 11) is 1.90. The van der Waals surface area contributed by atoms with Gasteiger partial charge in [0, 0.05) is 26.2 Å². The number of likely N-dealkylation sites (N-methyl/N-ethyl adjacent to an activating group) is 1. The number of aliphatic hydroxyl groups is 1. The van der Waals surface area contributed by atoms with Gasteiger partial charge in [-0.2, -0.15) is 0 Å². The lowest BCUT2D eigenvalue weighted by Gasteiger charge is -2.38. The van der Waals surface area contributed by atoms with Crippen LogP contribution in [0.4, 0.5) is 0 Å². The van der Waals surface area contributed by atoms with Crippen molar-refractivity contribution in [3.63, 3.8) is 0 Å². The number of benzene rings is 1. The van der Waals surface area contributed by atoms with E-state index in [1.165, 1.54) is 11.1 Å². The normalized spacial score (nSPS) is 16.8. The summed E-state index contributed by atoms with van der Waals surface area (Å²) >= 11 is 0. The zero-order valence-electron chi connectivity index (χ0n) is 14.2. The summed E-state index contributed by atoms with van der Waals surface area (Å²) in [6.45, 7) is 5.77. The number of nitrogens with zero attached hydrogens (tertiary/aromatic N) is 1. The van der Waals surface area contributed by atoms with Crippen molar-refractivity contribution in [1.82, 2.24) is 10.2 Å². The maximum atomic E-state index is 10.3. The molecule has 0 bridgehead atoms. The lowest BCUT2D eigenvalue weighted by molar-refractivity contribution is -0.159. The van der Waals surface area contributed by atoms with E-state index in [1.54, 1.807) is 0 Å². The van der Waals surface area contributed by atoms with Crippen LogP contribution in [0.3, 0.4) is 0 Å². The number of aryl methyl sites for hydroxylation is 1. The van der Waals surface area contributed by atoms with E-state index in [1.807, 2.05) is 7.05 Å². The maximum Gasteiger partial charge on any atom is 0.414 e. The Morgan fingerprint density at radius 2 is 1.62 bits per heavy atom. The number of aliphatic carboxylic acids is 2. The molecule has 1 saturated heterocycles. The molecule has 0 aromatic heterocycles. The van der Waals surface area contributed by atoms with Crippen molar-refractivity contribution in [2.45, 2.75) is 31.9 Å². The zero-order valence-corrected chi connectivity index (χ0v) is 14.2. The van der Waals surface area contributed by atoms with Crippen molar-refractivity contribution < 1.29 is 24.9 Å². The van der Waals surface area contributed by atoms with Gasteiger partial charge >= 0.3 is 11.9 Å². The van der Waals surface area contributed by atoms with Gasteiger partial charge < -0.3 is 20.6 Å². The van der Waals surface area contributed by atoms with Crippen LogP contribution >= 0.6 is 0 Å². The molecule has 1 aromatic rings. The quantitative estimate of drug-likeness (QED) is 0.598. The van der Waals surface area contributed by atoms with Crippen molar-refractivity contribution in [2.75, 3.05) is 26.7 Å². The van der Waals surface area contributed by atoms with Crippen molar-refractivity contribution in [3.8, 4) is 0 Å². The van der Waals surface area contributed by atoms with Crippen LogP contribution in [0.15, 0.2) is 24.3 Å². The molecule has 1 fully saturated rings. The molecule has 1 aliphatic rings. The molecular formula is C17H26N2O5. The molecule has 1 aliphatic heterocycles. The lowest BCUT2D eigenvalue weighted by Crippen LogP contribution is -2.49. The molecule has 4 N–H and O–H groups in total. The summed E-state index contributed by atoms with van der Waals surface area (Å²) in [6, 6.07) is 8.72. The van der Waals surface area contributed by atoms with E-state index in [4.69, 9.17) is 19.8 Å². The number of hydrogen-bond acceptors (Lipinski definition) is 5. The van der Waals surface area contributed by atoms with Gasteiger partial charge in [0.2, 0.25) is 0 Å². The van der Waals surface area contributed by atoms with Crippen LogP contribution in [-0.2, 0) is 16.1 Å². The number of nitrogens with one attached hydrogen (secondary N) is 1. The fourth-order valence-electron chi connectivity index (χ4n) is 2.58. The second-order valence-electron chi connectivity index (χ2n) is 6.13. The molecule has 0 amide bonds. The summed E-state index contributed by atoms with van der Waals surface area (Å²) in [6.07, 6.45) is 1.72. The zero-order chi connectivity index (χ0) is 18.2. The van der Waals surface area contributed by atoms with E-state index < -0.39 is 17.5 Å². The number of likely N-dealkylation sites (tertiary alicyclic amines) is 1. The second-order valence-corrected chi connectivity index (χ2v) is 6.13. The van der Waals surface area contributed by atoms with Gasteiger partial charge in [-0.05, 0) is 32.4 Å². The van der Waals surface area contributed by atoms with E-state index in [0.717, 1.165) is 32.5 Å². The van der Waals surface area contributed by atoms with Gasteiger partial charge in [0.05, 0.1) is 5.60 Å². The Kier molecular flexibility index (Phi) is 7.84.